The van der Waals surface area contributed by atoms with Gasteiger partial charge in [-0.2, -0.15) is 13.2 Å². The number of likely N-dealkylation sites (N-methyl/N-ethyl adjacent to an activating group) is 1. The number of piperazine rings is 1. The molecule has 0 saturated carbocycles. The molecule has 1 saturated heterocycles. The molecule has 0 spiro atoms. The van der Waals surface area contributed by atoms with Crippen molar-refractivity contribution >= 4 is 29.3 Å². The van der Waals surface area contributed by atoms with E-state index in [1.807, 2.05) is 25.9 Å². The Morgan fingerprint density at radius 1 is 1.17 bits per heavy atom. The molecule has 1 aromatic heterocycles. The predicted octanol–water partition coefficient (Wildman–Crippen LogP) is 3.21. The summed E-state index contributed by atoms with van der Waals surface area (Å²) in [6.45, 7) is 5.01. The average molecular weight is 565 g/mol. The summed E-state index contributed by atoms with van der Waals surface area (Å²) in [5.74, 6) is 5.61. The summed E-state index contributed by atoms with van der Waals surface area (Å²) in [4.78, 5) is 21.4. The first-order valence-electron chi connectivity index (χ1n) is 13.1. The molecule has 1 amide bonds. The first-order chi connectivity index (χ1) is 19.5. The first kappa shape index (κ1) is 29.7. The largest absolute Gasteiger partial charge is 0.416 e. The number of pyridine rings is 1. The van der Waals surface area contributed by atoms with Crippen LogP contribution in [-0.2, 0) is 12.7 Å². The Kier molecular flexibility index (Phi) is 9.08. The molecule has 6 N–H and O–H groups in total. The number of quaternary nitrogens is 1. The third-order valence-electron chi connectivity index (χ3n) is 7.12. The van der Waals surface area contributed by atoms with Crippen LogP contribution in [0.1, 0.15) is 43.7 Å². The predicted molar refractivity (Wildman–Crippen MR) is 153 cm³/mol. The van der Waals surface area contributed by atoms with Gasteiger partial charge in [0.25, 0.3) is 5.91 Å². The molecule has 1 fully saturated rings. The van der Waals surface area contributed by atoms with E-state index >= 15 is 0 Å². The number of hydrogen-bond acceptors (Lipinski definition) is 6. The van der Waals surface area contributed by atoms with Crippen LogP contribution >= 0.6 is 0 Å². The van der Waals surface area contributed by atoms with Crippen LogP contribution in [0, 0.1) is 24.2 Å². The third-order valence-corrected chi connectivity index (χ3v) is 7.12. The molecule has 0 aliphatic carbocycles. The van der Waals surface area contributed by atoms with Gasteiger partial charge in [-0.3, -0.25) is 9.69 Å². The van der Waals surface area contributed by atoms with Crippen molar-refractivity contribution in [1.29, 1.82) is 5.41 Å². The number of carbonyl (C=O) groups excluding carboxylic acids is 1. The molecular formula is C30H33F3N7O+. The van der Waals surface area contributed by atoms with Crippen molar-refractivity contribution in [3.63, 3.8) is 0 Å². The fourth-order valence-electron chi connectivity index (χ4n) is 4.61. The number of alkyl halides is 3. The zero-order valence-electron chi connectivity index (χ0n) is 23.2. The number of aromatic nitrogens is 1. The molecule has 214 valence electrons. The minimum Gasteiger partial charge on any atom is -0.383 e. The normalized spacial score (nSPS) is 14.3. The second kappa shape index (κ2) is 12.5. The number of halogens is 3. The summed E-state index contributed by atoms with van der Waals surface area (Å²) in [6, 6.07) is 8.81. The summed E-state index contributed by atoms with van der Waals surface area (Å²) in [7, 11) is 3.81. The maximum atomic E-state index is 14.0. The van der Waals surface area contributed by atoms with Gasteiger partial charge in [-0.25, -0.2) is 4.98 Å². The molecule has 0 atom stereocenters. The van der Waals surface area contributed by atoms with Crippen molar-refractivity contribution in [3.8, 4) is 11.8 Å². The Balaban J connectivity index is 1.57. The fourth-order valence-corrected chi connectivity index (χ4v) is 4.61. The molecule has 11 heteroatoms. The van der Waals surface area contributed by atoms with Gasteiger partial charge in [0.1, 0.15) is 5.82 Å². The highest BCUT2D eigenvalue weighted by Gasteiger charge is 2.34. The van der Waals surface area contributed by atoms with Gasteiger partial charge in [-0.05, 0) is 49.4 Å². The lowest BCUT2D eigenvalue weighted by Gasteiger charge is -2.33. The summed E-state index contributed by atoms with van der Waals surface area (Å²) in [6.07, 6.45) is -1.83. The second-order valence-corrected chi connectivity index (χ2v) is 10.0. The Labute approximate surface area is 237 Å². The summed E-state index contributed by atoms with van der Waals surface area (Å²) in [5.41, 5.74) is 8.72. The quantitative estimate of drug-likeness (QED) is 0.271. The zero-order valence-corrected chi connectivity index (χ0v) is 23.2. The van der Waals surface area contributed by atoms with Crippen molar-refractivity contribution in [2.45, 2.75) is 19.6 Å². The van der Waals surface area contributed by atoms with Crippen LogP contribution in [0.15, 0.2) is 42.6 Å². The number of amides is 1. The van der Waals surface area contributed by atoms with Gasteiger partial charge in [0, 0.05) is 55.8 Å². The van der Waals surface area contributed by atoms with Crippen LogP contribution < -0.4 is 16.4 Å². The van der Waals surface area contributed by atoms with Gasteiger partial charge in [-0.15, -0.1) is 0 Å². The van der Waals surface area contributed by atoms with Crippen LogP contribution in [0.5, 0.6) is 0 Å². The lowest BCUT2D eigenvalue weighted by atomic mass is 10.0. The smallest absolute Gasteiger partial charge is 0.383 e. The standard InChI is InChI=1S/C30H32F3N7O/c1-19-4-5-21(14-20(19)7-9-24-25(16-34)27(36-2)17-37-28(24)35)29(41)38-23-8-6-22(26(15-23)30(31,32)33)18-40-12-10-39(3)11-13-40/h4-6,8,14-17,34,36H,10-13,18H2,1-3H3,(H2,35,37)(H,38,41)/p+1. The first-order valence-corrected chi connectivity index (χ1v) is 13.1. The molecule has 0 bridgehead atoms. The topological polar surface area (TPSA) is 115 Å². The number of hydrogen-bond donors (Lipinski definition) is 4. The van der Waals surface area contributed by atoms with Crippen LogP contribution in [-0.4, -0.2) is 67.2 Å². The van der Waals surface area contributed by atoms with Gasteiger partial charge in [0.15, 0.2) is 5.69 Å². The number of nitrogens with one attached hydrogen (secondary N) is 2. The number of carbonyl (C=O) groups is 1. The number of benzene rings is 2. The Hall–Kier alpha value is -4.24. The van der Waals surface area contributed by atoms with Crippen LogP contribution in [0.3, 0.4) is 0 Å². The maximum absolute atomic E-state index is 14.0. The van der Waals surface area contributed by atoms with Crippen LogP contribution in [0.25, 0.3) is 0 Å². The monoisotopic (exact) mass is 564 g/mol. The van der Waals surface area contributed by atoms with Gasteiger partial charge >= 0.3 is 6.18 Å². The minimum atomic E-state index is -4.56. The van der Waals surface area contributed by atoms with Crippen molar-refractivity contribution in [2.24, 2.45) is 0 Å². The Bertz CT molecular complexity index is 1520. The van der Waals surface area contributed by atoms with Crippen molar-refractivity contribution < 1.29 is 23.3 Å². The number of rotatable bonds is 6. The van der Waals surface area contributed by atoms with E-state index in [2.05, 4.69) is 27.0 Å². The molecule has 41 heavy (non-hydrogen) atoms. The molecule has 1 aliphatic rings. The number of nitrogen functional groups attached to an aromatic ring is 1. The fraction of sp³-hybridized carbons (Fsp3) is 0.300. The molecule has 3 aromatic rings. The highest BCUT2D eigenvalue weighted by Crippen LogP contribution is 2.35. The van der Waals surface area contributed by atoms with Gasteiger partial charge in [0.05, 0.1) is 29.9 Å². The van der Waals surface area contributed by atoms with Gasteiger partial charge in [0.2, 0.25) is 0 Å². The lowest BCUT2D eigenvalue weighted by molar-refractivity contribution is -0.539. The Morgan fingerprint density at radius 2 is 1.90 bits per heavy atom. The van der Waals surface area contributed by atoms with Crippen LogP contribution in [0.2, 0.25) is 0 Å². The SMILES string of the molecule is C[NH2+]c1cnc(N)c(C#Cc2cc(C(=O)Nc3ccc(CN4CCN(C)CC4)c(C(F)(F)F)c3)ccc2C)c1C=N. The minimum absolute atomic E-state index is 0.0553. The van der Waals surface area contributed by atoms with E-state index < -0.39 is 17.6 Å². The molecule has 0 radical (unpaired) electrons. The highest BCUT2D eigenvalue weighted by atomic mass is 19.4. The second-order valence-electron chi connectivity index (χ2n) is 10.0. The van der Waals surface area contributed by atoms with E-state index in [4.69, 9.17) is 11.1 Å². The molecule has 2 heterocycles. The molecule has 1 aliphatic heterocycles. The number of anilines is 2. The van der Waals surface area contributed by atoms with E-state index in [-0.39, 0.29) is 29.2 Å². The molecule has 8 nitrogen and oxygen atoms in total. The molecule has 2 aromatic carbocycles. The highest BCUT2D eigenvalue weighted by molar-refractivity contribution is 6.04. The van der Waals surface area contributed by atoms with Crippen molar-refractivity contribution in [2.75, 3.05) is 51.3 Å². The van der Waals surface area contributed by atoms with E-state index in [1.54, 1.807) is 29.7 Å². The number of nitrogens with zero attached hydrogens (tertiary/aromatic N) is 3. The number of nitrogens with two attached hydrogens (primary N) is 2. The van der Waals surface area contributed by atoms with Crippen molar-refractivity contribution in [1.82, 2.24) is 14.8 Å². The van der Waals surface area contributed by atoms with E-state index in [9.17, 15) is 18.0 Å². The maximum Gasteiger partial charge on any atom is 0.416 e. The molecule has 4 rings (SSSR count). The number of aryl methyl sites for hydroxylation is 1. The Morgan fingerprint density at radius 3 is 2.56 bits per heavy atom. The summed E-state index contributed by atoms with van der Waals surface area (Å²) >= 11 is 0. The van der Waals surface area contributed by atoms with Gasteiger partial charge in [-0.1, -0.05) is 24.0 Å². The van der Waals surface area contributed by atoms with E-state index in [1.165, 1.54) is 18.3 Å². The van der Waals surface area contributed by atoms with E-state index in [0.717, 1.165) is 30.4 Å². The average Bonchev–Trinajstić information content (AvgIpc) is 2.94. The molecular weight excluding hydrogens is 531 g/mol. The summed E-state index contributed by atoms with van der Waals surface area (Å²) in [5, 5.41) is 12.2. The van der Waals surface area contributed by atoms with Crippen molar-refractivity contribution in [3.05, 3.63) is 81.5 Å². The molecule has 0 unspecified atom stereocenters. The zero-order chi connectivity index (χ0) is 29.7. The third kappa shape index (κ3) is 7.10. The van der Waals surface area contributed by atoms with Crippen LogP contribution in [0.4, 0.5) is 30.4 Å². The lowest BCUT2D eigenvalue weighted by Crippen LogP contribution is -2.73. The van der Waals surface area contributed by atoms with Gasteiger partial charge < -0.3 is 26.7 Å². The van der Waals surface area contributed by atoms with E-state index in [0.29, 0.717) is 29.8 Å². The summed E-state index contributed by atoms with van der Waals surface area (Å²) < 4.78 is 41.9.